The van der Waals surface area contributed by atoms with Gasteiger partial charge in [0.1, 0.15) is 10.5 Å². The van der Waals surface area contributed by atoms with Crippen molar-refractivity contribution in [3.63, 3.8) is 0 Å². The molecule has 0 aromatic carbocycles. The van der Waals surface area contributed by atoms with Crippen LogP contribution in [0, 0.1) is 5.92 Å². The monoisotopic (exact) mass is 461 g/mol. The fraction of sp³-hybridized carbons (Fsp3) is 0.524. The summed E-state index contributed by atoms with van der Waals surface area (Å²) in [6.07, 6.45) is 4.65. The molecule has 0 saturated carbocycles. The van der Waals surface area contributed by atoms with E-state index in [9.17, 15) is 9.59 Å². The zero-order chi connectivity index (χ0) is 21.8. The molecule has 3 aromatic heterocycles. The van der Waals surface area contributed by atoms with Gasteiger partial charge in [0.25, 0.3) is 5.56 Å². The van der Waals surface area contributed by atoms with E-state index in [1.54, 1.807) is 16.9 Å². The number of carbonyl (C=O) groups excluding carboxylic acids is 1. The maximum atomic E-state index is 13.2. The number of rotatable bonds is 8. The van der Waals surface area contributed by atoms with Crippen molar-refractivity contribution in [2.45, 2.75) is 51.4 Å². The van der Waals surface area contributed by atoms with E-state index >= 15 is 0 Å². The molecule has 0 bridgehead atoms. The molecular formula is C21H27N5O3S2. The van der Waals surface area contributed by atoms with E-state index in [0.717, 1.165) is 43.4 Å². The highest BCUT2D eigenvalue weighted by Crippen LogP contribution is 2.30. The standard InChI is InChI=1S/C21H27N5O3S2/c1-3-8-26-19(28)17-18(23-20(31-17)25-9-6-14(2)7-10-25)24-21(26)30-13-16(27)22-12-15-5-4-11-29-15/h4-5,11,14H,3,6-10,12-13H2,1-2H3,(H,22,27). The minimum absolute atomic E-state index is 0.0699. The third-order valence-corrected chi connectivity index (χ3v) is 7.41. The minimum Gasteiger partial charge on any atom is -0.467 e. The Morgan fingerprint density at radius 1 is 1.35 bits per heavy atom. The van der Waals surface area contributed by atoms with Crippen molar-refractivity contribution in [3.05, 3.63) is 34.5 Å². The summed E-state index contributed by atoms with van der Waals surface area (Å²) in [5.74, 6) is 1.46. The van der Waals surface area contributed by atoms with Gasteiger partial charge in [-0.25, -0.2) is 4.98 Å². The molecule has 1 saturated heterocycles. The Labute approximate surface area is 189 Å². The number of carbonyl (C=O) groups is 1. The first-order valence-corrected chi connectivity index (χ1v) is 12.4. The van der Waals surface area contributed by atoms with Crippen LogP contribution in [0.1, 0.15) is 38.9 Å². The summed E-state index contributed by atoms with van der Waals surface area (Å²) in [6.45, 7) is 7.11. The average Bonchev–Trinajstić information content (AvgIpc) is 3.43. The number of aromatic nitrogens is 3. The van der Waals surface area contributed by atoms with Gasteiger partial charge >= 0.3 is 0 Å². The predicted molar refractivity (Wildman–Crippen MR) is 124 cm³/mol. The summed E-state index contributed by atoms with van der Waals surface area (Å²) in [4.78, 5) is 37.0. The molecule has 0 radical (unpaired) electrons. The maximum absolute atomic E-state index is 13.2. The van der Waals surface area contributed by atoms with Gasteiger partial charge in [-0.05, 0) is 37.3 Å². The van der Waals surface area contributed by atoms with Crippen LogP contribution in [0.4, 0.5) is 5.13 Å². The van der Waals surface area contributed by atoms with E-state index in [1.165, 1.54) is 23.1 Å². The predicted octanol–water partition coefficient (Wildman–Crippen LogP) is 3.50. The van der Waals surface area contributed by atoms with Gasteiger partial charge in [-0.15, -0.1) is 0 Å². The molecule has 0 unspecified atom stereocenters. The molecule has 0 atom stereocenters. The Hall–Kier alpha value is -2.33. The second kappa shape index (κ2) is 9.86. The normalized spacial score (nSPS) is 15.0. The summed E-state index contributed by atoms with van der Waals surface area (Å²) in [5.41, 5.74) is 0.411. The van der Waals surface area contributed by atoms with E-state index in [4.69, 9.17) is 4.42 Å². The quantitative estimate of drug-likeness (QED) is 0.405. The molecule has 1 aliphatic rings. The fourth-order valence-corrected chi connectivity index (χ4v) is 5.37. The van der Waals surface area contributed by atoms with Crippen molar-refractivity contribution in [2.75, 3.05) is 23.7 Å². The van der Waals surface area contributed by atoms with Gasteiger partial charge in [0.05, 0.1) is 18.6 Å². The van der Waals surface area contributed by atoms with E-state index in [0.29, 0.717) is 34.4 Å². The molecule has 31 heavy (non-hydrogen) atoms. The first kappa shape index (κ1) is 21.9. The first-order valence-electron chi connectivity index (χ1n) is 10.6. The van der Waals surface area contributed by atoms with Crippen LogP contribution in [-0.4, -0.2) is 39.3 Å². The van der Waals surface area contributed by atoms with Crippen molar-refractivity contribution >= 4 is 44.5 Å². The Bertz CT molecular complexity index is 1080. The van der Waals surface area contributed by atoms with Gasteiger partial charge in [-0.2, -0.15) is 4.98 Å². The Morgan fingerprint density at radius 2 is 2.16 bits per heavy atom. The molecule has 1 fully saturated rings. The van der Waals surface area contributed by atoms with E-state index in [1.807, 2.05) is 13.0 Å². The number of nitrogens with zero attached hydrogens (tertiary/aromatic N) is 4. The van der Waals surface area contributed by atoms with Crippen molar-refractivity contribution in [1.29, 1.82) is 0 Å². The number of amides is 1. The lowest BCUT2D eigenvalue weighted by Crippen LogP contribution is -2.32. The molecule has 0 aliphatic carbocycles. The van der Waals surface area contributed by atoms with Crippen LogP contribution in [0.15, 0.2) is 32.8 Å². The zero-order valence-electron chi connectivity index (χ0n) is 17.8. The van der Waals surface area contributed by atoms with Gasteiger partial charge in [0, 0.05) is 19.6 Å². The molecular weight excluding hydrogens is 434 g/mol. The molecule has 10 heteroatoms. The van der Waals surface area contributed by atoms with Crippen LogP contribution in [0.3, 0.4) is 0 Å². The fourth-order valence-electron chi connectivity index (χ4n) is 3.52. The summed E-state index contributed by atoms with van der Waals surface area (Å²) < 4.78 is 7.49. The van der Waals surface area contributed by atoms with Crippen LogP contribution in [0.25, 0.3) is 10.3 Å². The second-order valence-corrected chi connectivity index (χ2v) is 9.73. The Morgan fingerprint density at radius 3 is 2.87 bits per heavy atom. The maximum Gasteiger partial charge on any atom is 0.273 e. The smallest absolute Gasteiger partial charge is 0.273 e. The first-order chi connectivity index (χ1) is 15.0. The molecule has 3 aromatic rings. The molecule has 1 aliphatic heterocycles. The summed E-state index contributed by atoms with van der Waals surface area (Å²) >= 11 is 2.70. The molecule has 1 N–H and O–H groups in total. The number of thioether (sulfide) groups is 1. The molecule has 166 valence electrons. The van der Waals surface area contributed by atoms with Crippen LogP contribution in [-0.2, 0) is 17.9 Å². The van der Waals surface area contributed by atoms with Crippen molar-refractivity contribution in [1.82, 2.24) is 19.9 Å². The molecule has 8 nitrogen and oxygen atoms in total. The third-order valence-electron chi connectivity index (χ3n) is 5.34. The van der Waals surface area contributed by atoms with Gasteiger partial charge in [-0.3, -0.25) is 14.2 Å². The van der Waals surface area contributed by atoms with Crippen LogP contribution < -0.4 is 15.8 Å². The highest BCUT2D eigenvalue weighted by atomic mass is 32.2. The average molecular weight is 462 g/mol. The molecule has 4 rings (SSSR count). The number of hydrogen-bond donors (Lipinski definition) is 1. The van der Waals surface area contributed by atoms with Crippen molar-refractivity contribution < 1.29 is 9.21 Å². The lowest BCUT2D eigenvalue weighted by Gasteiger charge is -2.29. The van der Waals surface area contributed by atoms with Gasteiger partial charge < -0.3 is 14.6 Å². The van der Waals surface area contributed by atoms with E-state index in [-0.39, 0.29) is 17.2 Å². The van der Waals surface area contributed by atoms with Crippen LogP contribution in [0.2, 0.25) is 0 Å². The number of furan rings is 1. The number of piperidine rings is 1. The number of fused-ring (bicyclic) bond motifs is 1. The topological polar surface area (TPSA) is 93.3 Å². The Kier molecular flexibility index (Phi) is 6.96. The zero-order valence-corrected chi connectivity index (χ0v) is 19.4. The van der Waals surface area contributed by atoms with Crippen molar-refractivity contribution in [3.8, 4) is 0 Å². The second-order valence-electron chi connectivity index (χ2n) is 7.81. The van der Waals surface area contributed by atoms with E-state index in [2.05, 4.69) is 27.1 Å². The van der Waals surface area contributed by atoms with Crippen LogP contribution in [0.5, 0.6) is 0 Å². The largest absolute Gasteiger partial charge is 0.467 e. The summed E-state index contributed by atoms with van der Waals surface area (Å²) in [7, 11) is 0. The third kappa shape index (κ3) is 5.12. The van der Waals surface area contributed by atoms with Gasteiger partial charge in [0.2, 0.25) is 5.91 Å². The van der Waals surface area contributed by atoms with Gasteiger partial charge in [0.15, 0.2) is 15.9 Å². The summed E-state index contributed by atoms with van der Waals surface area (Å²) in [6, 6.07) is 3.59. The molecule has 4 heterocycles. The number of hydrogen-bond acceptors (Lipinski definition) is 8. The van der Waals surface area contributed by atoms with Crippen LogP contribution >= 0.6 is 23.1 Å². The van der Waals surface area contributed by atoms with Crippen molar-refractivity contribution in [2.24, 2.45) is 5.92 Å². The lowest BCUT2D eigenvalue weighted by atomic mass is 10.00. The number of anilines is 1. The minimum atomic E-state index is -0.139. The summed E-state index contributed by atoms with van der Waals surface area (Å²) in [5, 5.41) is 4.23. The molecule has 1 amide bonds. The van der Waals surface area contributed by atoms with E-state index < -0.39 is 0 Å². The molecule has 0 spiro atoms. The lowest BCUT2D eigenvalue weighted by molar-refractivity contribution is -0.118. The number of nitrogens with one attached hydrogen (secondary N) is 1. The van der Waals surface area contributed by atoms with Gasteiger partial charge in [-0.1, -0.05) is 36.9 Å². The SMILES string of the molecule is CCCn1c(SCC(=O)NCc2ccco2)nc2nc(N3CCC(C)CC3)sc2c1=O. The highest BCUT2D eigenvalue weighted by molar-refractivity contribution is 7.99. The number of thiazole rings is 1. The Balaban J connectivity index is 1.51. The highest BCUT2D eigenvalue weighted by Gasteiger charge is 2.22.